The molecule has 0 radical (unpaired) electrons. The summed E-state index contributed by atoms with van der Waals surface area (Å²) in [6.07, 6.45) is 1.52. The average molecular weight is 374 g/mol. The second kappa shape index (κ2) is 8.97. The van der Waals surface area contributed by atoms with Crippen molar-refractivity contribution in [3.63, 3.8) is 0 Å². The maximum atomic E-state index is 14.4. The highest BCUT2D eigenvalue weighted by molar-refractivity contribution is 6.25. The van der Waals surface area contributed by atoms with E-state index in [4.69, 9.17) is 0 Å². The first-order chi connectivity index (χ1) is 12.2. The minimum Gasteiger partial charge on any atom is -0.462 e. The van der Waals surface area contributed by atoms with Gasteiger partial charge in [-0.25, -0.2) is 13.6 Å². The molecule has 1 aromatic rings. The van der Waals surface area contributed by atoms with Crippen molar-refractivity contribution < 1.29 is 32.4 Å². The number of ketones is 1. The van der Waals surface area contributed by atoms with Gasteiger partial charge in [0.05, 0.1) is 11.5 Å². The van der Waals surface area contributed by atoms with Crippen LogP contribution in [0.25, 0.3) is 0 Å². The van der Waals surface area contributed by atoms with Crippen molar-refractivity contribution in [3.8, 4) is 0 Å². The van der Waals surface area contributed by atoms with E-state index in [0.717, 1.165) is 13.1 Å². The second-order valence-electron chi connectivity index (χ2n) is 5.11. The van der Waals surface area contributed by atoms with Gasteiger partial charge in [0, 0.05) is 18.3 Å². The van der Waals surface area contributed by atoms with Crippen LogP contribution in [0.4, 0.5) is 18.9 Å². The Balaban J connectivity index is 3.64. The molecule has 0 bridgehead atoms. The van der Waals surface area contributed by atoms with Crippen molar-refractivity contribution in [2.45, 2.75) is 27.2 Å². The summed E-state index contributed by atoms with van der Waals surface area (Å²) in [6.45, 7) is 4.26. The summed E-state index contributed by atoms with van der Waals surface area (Å²) in [7, 11) is 0. The second-order valence-corrected chi connectivity index (χ2v) is 5.11. The molecule has 0 saturated heterocycles. The zero-order valence-corrected chi connectivity index (χ0v) is 14.3. The molecule has 1 rings (SSSR count). The third kappa shape index (κ3) is 4.19. The molecule has 0 aliphatic heterocycles. The van der Waals surface area contributed by atoms with Crippen molar-refractivity contribution in [1.82, 2.24) is 5.32 Å². The molecule has 0 aliphatic carbocycles. The molecule has 142 valence electrons. The quantitative estimate of drug-likeness (QED) is 0.0865. The summed E-state index contributed by atoms with van der Waals surface area (Å²) in [4.78, 5) is 34.2. The minimum absolute atomic E-state index is 0.126. The third-order valence-corrected chi connectivity index (χ3v) is 3.31. The van der Waals surface area contributed by atoms with Gasteiger partial charge in [0.15, 0.2) is 5.82 Å². The lowest BCUT2D eigenvalue weighted by molar-refractivity contribution is -0.388. The van der Waals surface area contributed by atoms with Crippen LogP contribution >= 0.6 is 0 Å². The van der Waals surface area contributed by atoms with Gasteiger partial charge >= 0.3 is 11.7 Å². The first kappa shape index (κ1) is 21.1. The number of nitrogens with one attached hydrogen (secondary N) is 1. The summed E-state index contributed by atoms with van der Waals surface area (Å²) in [5.41, 5.74) is -4.71. The van der Waals surface area contributed by atoms with E-state index in [9.17, 15) is 32.9 Å². The molecule has 0 aliphatic rings. The van der Waals surface area contributed by atoms with Crippen LogP contribution in [-0.4, -0.2) is 29.8 Å². The molecule has 7 nitrogen and oxygen atoms in total. The lowest BCUT2D eigenvalue weighted by Crippen LogP contribution is -2.22. The Morgan fingerprint density at radius 2 is 1.81 bits per heavy atom. The largest absolute Gasteiger partial charge is 0.462 e. The topological polar surface area (TPSA) is 98.5 Å². The molecule has 0 atom stereocenters. The van der Waals surface area contributed by atoms with Crippen molar-refractivity contribution in [2.75, 3.05) is 13.2 Å². The molecular weight excluding hydrogens is 357 g/mol. The first-order valence-corrected chi connectivity index (χ1v) is 7.65. The highest BCUT2D eigenvalue weighted by Gasteiger charge is 2.37. The van der Waals surface area contributed by atoms with Crippen molar-refractivity contribution in [3.05, 3.63) is 50.5 Å². The van der Waals surface area contributed by atoms with Crippen molar-refractivity contribution in [2.24, 2.45) is 0 Å². The minimum atomic E-state index is -1.98. The van der Waals surface area contributed by atoms with E-state index in [-0.39, 0.29) is 6.61 Å². The Kier molecular flexibility index (Phi) is 7.29. The fraction of sp³-hybridized carbons (Fsp3) is 0.375. The fourth-order valence-electron chi connectivity index (χ4n) is 2.02. The van der Waals surface area contributed by atoms with Crippen LogP contribution < -0.4 is 5.32 Å². The number of hydrogen-bond donors (Lipinski definition) is 1. The summed E-state index contributed by atoms with van der Waals surface area (Å²) in [5, 5.41) is 13.7. The van der Waals surface area contributed by atoms with Gasteiger partial charge in [-0.15, -0.1) is 0 Å². The van der Waals surface area contributed by atoms with E-state index in [1.165, 1.54) is 6.92 Å². The Morgan fingerprint density at radius 1 is 1.19 bits per heavy atom. The van der Waals surface area contributed by atoms with E-state index in [1.54, 1.807) is 6.92 Å². The van der Waals surface area contributed by atoms with Gasteiger partial charge in [0.2, 0.25) is 11.6 Å². The lowest BCUT2D eigenvalue weighted by Gasteiger charge is -2.11. The predicted molar refractivity (Wildman–Crippen MR) is 85.0 cm³/mol. The molecule has 10 heteroatoms. The highest BCUT2D eigenvalue weighted by atomic mass is 19.2. The van der Waals surface area contributed by atoms with Gasteiger partial charge in [-0.1, -0.05) is 6.92 Å². The fourth-order valence-corrected chi connectivity index (χ4v) is 2.02. The maximum Gasteiger partial charge on any atom is 0.343 e. The summed E-state index contributed by atoms with van der Waals surface area (Å²) < 4.78 is 46.6. The highest BCUT2D eigenvalue weighted by Crippen LogP contribution is 2.32. The van der Waals surface area contributed by atoms with Gasteiger partial charge in [0.25, 0.3) is 0 Å². The number of halogens is 3. The van der Waals surface area contributed by atoms with E-state index >= 15 is 0 Å². The normalized spacial score (nSPS) is 11.2. The van der Waals surface area contributed by atoms with Gasteiger partial charge in [0.1, 0.15) is 17.0 Å². The number of carbonyl (C=O) groups excluding carboxylic acids is 2. The smallest absolute Gasteiger partial charge is 0.343 e. The molecule has 0 unspecified atom stereocenters. The Bertz CT molecular complexity index is 778. The predicted octanol–water partition coefficient (Wildman–Crippen LogP) is 2.95. The Labute approximate surface area is 147 Å². The molecule has 0 amide bonds. The van der Waals surface area contributed by atoms with E-state index < -0.39 is 56.5 Å². The van der Waals surface area contributed by atoms with E-state index in [2.05, 4.69) is 10.1 Å². The number of nitro groups is 1. The van der Waals surface area contributed by atoms with Crippen LogP contribution in [0.15, 0.2) is 11.8 Å². The molecule has 0 heterocycles. The lowest BCUT2D eigenvalue weighted by atomic mass is 9.98. The van der Waals surface area contributed by atoms with Crippen LogP contribution in [0.1, 0.15) is 36.2 Å². The molecule has 26 heavy (non-hydrogen) atoms. The van der Waals surface area contributed by atoms with Gasteiger partial charge in [-0.2, -0.15) is 4.39 Å². The van der Waals surface area contributed by atoms with Crippen LogP contribution in [0.2, 0.25) is 0 Å². The SMILES string of the molecule is CCCNC=C(C(=O)OCC)C(=O)c1c(F)c(C)c(F)c(F)c1[N+](=O)[O-]. The van der Waals surface area contributed by atoms with Crippen LogP contribution in [-0.2, 0) is 9.53 Å². The first-order valence-electron chi connectivity index (χ1n) is 7.65. The zero-order chi connectivity index (χ0) is 20.0. The summed E-state index contributed by atoms with van der Waals surface area (Å²) in [5.74, 6) is -8.06. The third-order valence-electron chi connectivity index (χ3n) is 3.31. The van der Waals surface area contributed by atoms with Crippen LogP contribution in [0, 0.1) is 34.5 Å². The number of Topliss-reactive ketones (excluding diaryl/α,β-unsaturated/α-hetero) is 1. The molecular formula is C16H17F3N2O5. The number of nitro benzene ring substituents is 1. The molecule has 1 aromatic carbocycles. The van der Waals surface area contributed by atoms with E-state index in [1.807, 2.05) is 0 Å². The number of esters is 1. The van der Waals surface area contributed by atoms with E-state index in [0.29, 0.717) is 13.0 Å². The van der Waals surface area contributed by atoms with Crippen molar-refractivity contribution >= 4 is 17.4 Å². The Hall–Kier alpha value is -2.91. The number of rotatable bonds is 8. The zero-order valence-electron chi connectivity index (χ0n) is 14.3. The number of hydrogen-bond acceptors (Lipinski definition) is 6. The molecule has 0 saturated carbocycles. The number of carbonyl (C=O) groups is 2. The van der Waals surface area contributed by atoms with Gasteiger partial charge < -0.3 is 10.1 Å². The van der Waals surface area contributed by atoms with Crippen molar-refractivity contribution in [1.29, 1.82) is 0 Å². The van der Waals surface area contributed by atoms with Crippen LogP contribution in [0.5, 0.6) is 0 Å². The molecule has 1 N–H and O–H groups in total. The maximum absolute atomic E-state index is 14.4. The summed E-state index contributed by atoms with van der Waals surface area (Å²) in [6, 6.07) is 0. The average Bonchev–Trinajstić information content (AvgIpc) is 2.59. The number of benzene rings is 1. The number of nitrogens with zero attached hydrogens (tertiary/aromatic N) is 1. The monoisotopic (exact) mass is 374 g/mol. The number of ether oxygens (including phenoxy) is 1. The van der Waals surface area contributed by atoms with Crippen LogP contribution in [0.3, 0.4) is 0 Å². The molecule has 0 fully saturated rings. The summed E-state index contributed by atoms with van der Waals surface area (Å²) >= 11 is 0. The standard InChI is InChI=1S/C16H17F3N2O5/c1-4-6-20-7-9(16(23)26-5-2)15(22)10-11(17)8(3)12(18)13(19)14(10)21(24)25/h7,20H,4-6H2,1-3H3. The van der Waals surface area contributed by atoms with Gasteiger partial charge in [-0.05, 0) is 20.3 Å². The van der Waals surface area contributed by atoms with Gasteiger partial charge in [-0.3, -0.25) is 14.9 Å². The molecule has 0 aromatic heterocycles. The Morgan fingerprint density at radius 3 is 2.31 bits per heavy atom. The molecule has 0 spiro atoms.